The summed E-state index contributed by atoms with van der Waals surface area (Å²) in [5.41, 5.74) is 0.565. The summed E-state index contributed by atoms with van der Waals surface area (Å²) in [6.07, 6.45) is -1.70. The van der Waals surface area contributed by atoms with Gasteiger partial charge in [-0.2, -0.15) is 13.2 Å². The van der Waals surface area contributed by atoms with Crippen molar-refractivity contribution in [3.05, 3.63) is 71.5 Å². The first-order valence-electron chi connectivity index (χ1n) is 8.70. The zero-order valence-electron chi connectivity index (χ0n) is 14.6. The van der Waals surface area contributed by atoms with E-state index in [4.69, 9.17) is 0 Å². The first-order chi connectivity index (χ1) is 13.9. The third kappa shape index (κ3) is 2.49. The Labute approximate surface area is 161 Å². The van der Waals surface area contributed by atoms with Gasteiger partial charge in [0.1, 0.15) is 0 Å². The molecule has 4 aromatic rings. The second-order valence-electron chi connectivity index (χ2n) is 6.71. The topological polar surface area (TPSA) is 77.8 Å². The number of para-hydroxylation sites is 1. The number of aromatic amines is 2. The van der Waals surface area contributed by atoms with Crippen LogP contribution in [0.2, 0.25) is 0 Å². The van der Waals surface area contributed by atoms with Crippen LogP contribution in [0, 0.1) is 0 Å². The lowest BCUT2D eigenvalue weighted by Gasteiger charge is -2.10. The molecule has 1 aliphatic heterocycles. The first kappa shape index (κ1) is 17.3. The van der Waals surface area contributed by atoms with Crippen LogP contribution < -0.4 is 5.32 Å². The molecule has 0 spiro atoms. The number of carbonyl (C=O) groups is 2. The molecule has 0 bridgehead atoms. The number of H-pyrrole nitrogens is 2. The Balaban J connectivity index is 1.86. The number of benzene rings is 2. The Hall–Kier alpha value is -3.81. The molecular formula is C21H12F3N3O2. The first-order valence-corrected chi connectivity index (χ1v) is 8.70. The molecule has 3 heterocycles. The molecule has 0 fully saturated rings. The maximum absolute atomic E-state index is 13.6. The summed E-state index contributed by atoms with van der Waals surface area (Å²) in [7, 11) is 0. The molecule has 144 valence electrons. The van der Waals surface area contributed by atoms with Crippen molar-refractivity contribution in [1.82, 2.24) is 15.3 Å². The number of alkyl halides is 3. The summed E-state index contributed by atoms with van der Waals surface area (Å²) in [6, 6.07) is 10.9. The van der Waals surface area contributed by atoms with Crippen LogP contribution in [0.25, 0.3) is 33.0 Å². The maximum atomic E-state index is 13.6. The van der Waals surface area contributed by atoms with Crippen molar-refractivity contribution in [2.24, 2.45) is 0 Å². The summed E-state index contributed by atoms with van der Waals surface area (Å²) in [5.74, 6) is -1.37. The molecule has 0 saturated heterocycles. The Morgan fingerprint density at radius 3 is 2.10 bits per heavy atom. The Morgan fingerprint density at radius 1 is 0.724 bits per heavy atom. The van der Waals surface area contributed by atoms with Gasteiger partial charge in [-0.1, -0.05) is 24.3 Å². The predicted octanol–water partition coefficient (Wildman–Crippen LogP) is 4.24. The summed E-state index contributed by atoms with van der Waals surface area (Å²) < 4.78 is 40.8. The number of fused-ring (bicyclic) bond motifs is 2. The minimum Gasteiger partial charge on any atom is -0.361 e. The van der Waals surface area contributed by atoms with Crippen LogP contribution in [-0.2, 0) is 15.8 Å². The minimum absolute atomic E-state index is 0.0385. The predicted molar refractivity (Wildman–Crippen MR) is 102 cm³/mol. The van der Waals surface area contributed by atoms with E-state index < -0.39 is 23.6 Å². The molecule has 0 saturated carbocycles. The van der Waals surface area contributed by atoms with E-state index in [9.17, 15) is 22.8 Å². The highest BCUT2D eigenvalue weighted by Crippen LogP contribution is 2.42. The number of amides is 2. The highest BCUT2D eigenvalue weighted by Gasteiger charge is 2.38. The third-order valence-electron chi connectivity index (χ3n) is 5.07. The Morgan fingerprint density at radius 2 is 1.34 bits per heavy atom. The van der Waals surface area contributed by atoms with Gasteiger partial charge in [0, 0.05) is 45.3 Å². The number of hydrogen-bond donors (Lipinski definition) is 3. The van der Waals surface area contributed by atoms with Crippen LogP contribution in [0.1, 0.15) is 16.7 Å². The number of carbonyl (C=O) groups excluding carboxylic acids is 2. The van der Waals surface area contributed by atoms with E-state index in [-0.39, 0.29) is 27.6 Å². The van der Waals surface area contributed by atoms with E-state index in [1.807, 2.05) is 6.07 Å². The molecule has 3 N–H and O–H groups in total. The molecule has 0 radical (unpaired) electrons. The smallest absolute Gasteiger partial charge is 0.361 e. The van der Waals surface area contributed by atoms with Crippen LogP contribution in [0.4, 0.5) is 13.2 Å². The largest absolute Gasteiger partial charge is 0.417 e. The molecule has 2 aromatic heterocycles. The van der Waals surface area contributed by atoms with Gasteiger partial charge in [0.05, 0.1) is 16.7 Å². The minimum atomic E-state index is -4.61. The molecule has 5 rings (SSSR count). The van der Waals surface area contributed by atoms with Gasteiger partial charge in [0.2, 0.25) is 0 Å². The monoisotopic (exact) mass is 395 g/mol. The molecule has 1 aliphatic rings. The second-order valence-corrected chi connectivity index (χ2v) is 6.71. The normalized spacial score (nSPS) is 15.0. The van der Waals surface area contributed by atoms with E-state index in [0.717, 1.165) is 11.6 Å². The van der Waals surface area contributed by atoms with Gasteiger partial charge < -0.3 is 9.97 Å². The highest BCUT2D eigenvalue weighted by molar-refractivity contribution is 6.50. The standard InChI is InChI=1S/C21H12F3N3O2/c22-21(23,24)13-5-3-7-15-16(13)12(9-26-15)18-17(19(28)27-20(18)29)11-8-25-14-6-2-1-4-10(11)14/h1-9,25-26H,(H,27,28,29). The average Bonchev–Trinajstić information content (AvgIpc) is 3.35. The number of imide groups is 1. The molecule has 29 heavy (non-hydrogen) atoms. The van der Waals surface area contributed by atoms with E-state index in [1.165, 1.54) is 18.3 Å². The summed E-state index contributed by atoms with van der Waals surface area (Å²) in [4.78, 5) is 31.1. The van der Waals surface area contributed by atoms with Crippen LogP contribution in [-0.4, -0.2) is 21.8 Å². The van der Waals surface area contributed by atoms with Crippen LogP contribution in [0.3, 0.4) is 0 Å². The zero-order chi connectivity index (χ0) is 20.3. The molecule has 8 heteroatoms. The van der Waals surface area contributed by atoms with Gasteiger partial charge in [-0.15, -0.1) is 0 Å². The summed E-state index contributed by atoms with van der Waals surface area (Å²) in [5, 5.41) is 2.77. The summed E-state index contributed by atoms with van der Waals surface area (Å²) in [6.45, 7) is 0. The number of halogens is 3. The quantitative estimate of drug-likeness (QED) is 0.444. The van der Waals surface area contributed by atoms with Crippen LogP contribution in [0.15, 0.2) is 54.9 Å². The lowest BCUT2D eigenvalue weighted by Crippen LogP contribution is -2.22. The van der Waals surface area contributed by atoms with Crippen molar-refractivity contribution in [2.45, 2.75) is 6.18 Å². The number of hydrogen-bond acceptors (Lipinski definition) is 2. The van der Waals surface area contributed by atoms with Gasteiger partial charge in [0.25, 0.3) is 11.8 Å². The van der Waals surface area contributed by atoms with Gasteiger partial charge in [-0.25, -0.2) is 0 Å². The van der Waals surface area contributed by atoms with Crippen molar-refractivity contribution in [3.63, 3.8) is 0 Å². The lowest BCUT2D eigenvalue weighted by molar-refractivity contribution is -0.136. The van der Waals surface area contributed by atoms with Crippen LogP contribution >= 0.6 is 0 Å². The van der Waals surface area contributed by atoms with Crippen molar-refractivity contribution in [3.8, 4) is 0 Å². The van der Waals surface area contributed by atoms with E-state index in [1.54, 1.807) is 24.4 Å². The van der Waals surface area contributed by atoms with E-state index >= 15 is 0 Å². The van der Waals surface area contributed by atoms with E-state index in [2.05, 4.69) is 15.3 Å². The molecule has 0 atom stereocenters. The molecule has 0 aliphatic carbocycles. The van der Waals surface area contributed by atoms with Gasteiger partial charge in [-0.05, 0) is 18.2 Å². The molecule has 2 amide bonds. The van der Waals surface area contributed by atoms with Crippen molar-refractivity contribution in [2.75, 3.05) is 0 Å². The fraction of sp³-hybridized carbons (Fsp3) is 0.0476. The van der Waals surface area contributed by atoms with Gasteiger partial charge in [0.15, 0.2) is 0 Å². The Kier molecular flexibility index (Phi) is 3.48. The average molecular weight is 395 g/mol. The van der Waals surface area contributed by atoms with Crippen LogP contribution in [0.5, 0.6) is 0 Å². The van der Waals surface area contributed by atoms with Crippen molar-refractivity contribution in [1.29, 1.82) is 0 Å². The fourth-order valence-corrected chi connectivity index (χ4v) is 3.87. The lowest BCUT2D eigenvalue weighted by atomic mass is 9.94. The fourth-order valence-electron chi connectivity index (χ4n) is 3.87. The second kappa shape index (κ2) is 5.84. The number of aromatic nitrogens is 2. The molecular weight excluding hydrogens is 383 g/mol. The third-order valence-corrected chi connectivity index (χ3v) is 5.07. The SMILES string of the molecule is O=C1NC(=O)C(c2c[nH]c3cccc(C(F)(F)F)c23)=C1c1c[nH]c2ccccc12. The van der Waals surface area contributed by atoms with E-state index in [0.29, 0.717) is 10.9 Å². The number of rotatable bonds is 2. The van der Waals surface area contributed by atoms with Crippen molar-refractivity contribution >= 4 is 44.8 Å². The summed E-state index contributed by atoms with van der Waals surface area (Å²) >= 11 is 0. The maximum Gasteiger partial charge on any atom is 0.417 e. The Bertz CT molecular complexity index is 1360. The molecule has 0 unspecified atom stereocenters. The molecule has 2 aromatic carbocycles. The number of nitrogens with one attached hydrogen (secondary N) is 3. The van der Waals surface area contributed by atoms with Gasteiger partial charge >= 0.3 is 6.18 Å². The highest BCUT2D eigenvalue weighted by atomic mass is 19.4. The van der Waals surface area contributed by atoms with Gasteiger partial charge in [-0.3, -0.25) is 14.9 Å². The zero-order valence-corrected chi connectivity index (χ0v) is 14.6. The van der Waals surface area contributed by atoms with Crippen molar-refractivity contribution < 1.29 is 22.8 Å². The molecule has 5 nitrogen and oxygen atoms in total.